The van der Waals surface area contributed by atoms with E-state index >= 15 is 0 Å². The summed E-state index contributed by atoms with van der Waals surface area (Å²) in [5, 5.41) is 13.6. The molecule has 0 aliphatic carbocycles. The van der Waals surface area contributed by atoms with Gasteiger partial charge in [0, 0.05) is 41.5 Å². The highest BCUT2D eigenvalue weighted by molar-refractivity contribution is 6.05. The van der Waals surface area contributed by atoms with E-state index < -0.39 is 4.92 Å². The molecular weight excluding hydrogens is 322 g/mol. The van der Waals surface area contributed by atoms with Gasteiger partial charge in [-0.05, 0) is 43.7 Å². The van der Waals surface area contributed by atoms with Gasteiger partial charge in [0.25, 0.3) is 11.6 Å². The first kappa shape index (κ1) is 16.6. The quantitative estimate of drug-likeness (QED) is 0.683. The Hall–Kier alpha value is -3.22. The number of benzene rings is 2. The van der Waals surface area contributed by atoms with Crippen LogP contribution in [-0.4, -0.2) is 23.3 Å². The van der Waals surface area contributed by atoms with Gasteiger partial charge in [0.1, 0.15) is 0 Å². The van der Waals surface area contributed by atoms with Crippen LogP contribution in [0.5, 0.6) is 0 Å². The highest BCUT2D eigenvalue weighted by Gasteiger charge is 2.21. The van der Waals surface area contributed by atoms with Gasteiger partial charge in [0.05, 0.1) is 4.92 Å². The number of nitrogens with one attached hydrogen (secondary N) is 1. The van der Waals surface area contributed by atoms with Crippen molar-refractivity contribution in [3.05, 3.63) is 63.7 Å². The number of nitro benzene ring substituents is 1. The third kappa shape index (κ3) is 3.50. The van der Waals surface area contributed by atoms with Crippen LogP contribution >= 0.6 is 0 Å². The van der Waals surface area contributed by atoms with Gasteiger partial charge in [-0.25, -0.2) is 0 Å². The fourth-order valence-electron chi connectivity index (χ4n) is 2.80. The van der Waals surface area contributed by atoms with Gasteiger partial charge in [-0.3, -0.25) is 19.7 Å². The first-order valence-corrected chi connectivity index (χ1v) is 7.92. The van der Waals surface area contributed by atoms with Gasteiger partial charge in [-0.1, -0.05) is 6.07 Å². The number of carbonyl (C=O) groups excluding carboxylic acids is 2. The molecule has 25 heavy (non-hydrogen) atoms. The van der Waals surface area contributed by atoms with E-state index in [1.807, 2.05) is 0 Å². The monoisotopic (exact) mass is 339 g/mol. The Balaban J connectivity index is 1.74. The number of amides is 2. The van der Waals surface area contributed by atoms with E-state index in [0.717, 1.165) is 12.1 Å². The average molecular weight is 339 g/mol. The molecular formula is C18H17N3O4. The van der Waals surface area contributed by atoms with E-state index in [1.165, 1.54) is 6.07 Å². The molecule has 0 bridgehead atoms. The molecule has 1 aliphatic heterocycles. The summed E-state index contributed by atoms with van der Waals surface area (Å²) >= 11 is 0. The van der Waals surface area contributed by atoms with Crippen LogP contribution < -0.4 is 10.2 Å². The van der Waals surface area contributed by atoms with E-state index in [0.29, 0.717) is 29.8 Å². The van der Waals surface area contributed by atoms with E-state index in [2.05, 4.69) is 5.32 Å². The van der Waals surface area contributed by atoms with Gasteiger partial charge in [0.2, 0.25) is 5.91 Å². The van der Waals surface area contributed by atoms with Crippen LogP contribution in [0.3, 0.4) is 0 Å². The highest BCUT2D eigenvalue weighted by atomic mass is 16.6. The maximum atomic E-state index is 12.3. The zero-order chi connectivity index (χ0) is 18.0. The number of hydrogen-bond donors (Lipinski definition) is 1. The van der Waals surface area contributed by atoms with E-state index in [1.54, 1.807) is 48.2 Å². The summed E-state index contributed by atoms with van der Waals surface area (Å²) in [6.45, 7) is 2.33. The normalized spacial score (nSPS) is 13.8. The minimum absolute atomic E-state index is 0.0410. The van der Waals surface area contributed by atoms with Crippen LogP contribution in [0.2, 0.25) is 0 Å². The second kappa shape index (κ2) is 6.72. The minimum atomic E-state index is -0.479. The Morgan fingerprint density at radius 1 is 1.20 bits per heavy atom. The summed E-state index contributed by atoms with van der Waals surface area (Å²) in [5.41, 5.74) is 2.04. The first-order chi connectivity index (χ1) is 12.0. The molecule has 0 atom stereocenters. The average Bonchev–Trinajstić information content (AvgIpc) is 3.02. The Morgan fingerprint density at radius 3 is 2.52 bits per heavy atom. The summed E-state index contributed by atoms with van der Waals surface area (Å²) in [6, 6.07) is 11.3. The molecule has 1 saturated heterocycles. The largest absolute Gasteiger partial charge is 0.322 e. The Labute approximate surface area is 144 Å². The summed E-state index contributed by atoms with van der Waals surface area (Å²) < 4.78 is 0. The molecule has 7 nitrogen and oxygen atoms in total. The molecule has 0 aromatic heterocycles. The third-order valence-electron chi connectivity index (χ3n) is 4.18. The van der Waals surface area contributed by atoms with Gasteiger partial charge >= 0.3 is 0 Å². The number of rotatable bonds is 4. The highest BCUT2D eigenvalue weighted by Crippen LogP contribution is 2.24. The SMILES string of the molecule is Cc1ccc(NC(=O)c2ccc(N3CCCC3=O)cc2)cc1[N+](=O)[O-]. The van der Waals surface area contributed by atoms with Gasteiger partial charge in [-0.2, -0.15) is 0 Å². The molecule has 128 valence electrons. The van der Waals surface area contributed by atoms with Crippen LogP contribution in [0.25, 0.3) is 0 Å². The van der Waals surface area contributed by atoms with Crippen molar-refractivity contribution in [3.63, 3.8) is 0 Å². The van der Waals surface area contributed by atoms with Crippen molar-refractivity contribution >= 4 is 28.9 Å². The third-order valence-corrected chi connectivity index (χ3v) is 4.18. The van der Waals surface area contributed by atoms with E-state index in [-0.39, 0.29) is 17.5 Å². The van der Waals surface area contributed by atoms with Crippen molar-refractivity contribution in [2.75, 3.05) is 16.8 Å². The van der Waals surface area contributed by atoms with Crippen LogP contribution in [0.15, 0.2) is 42.5 Å². The number of hydrogen-bond acceptors (Lipinski definition) is 4. The molecule has 0 radical (unpaired) electrons. The molecule has 0 spiro atoms. The lowest BCUT2D eigenvalue weighted by Gasteiger charge is -2.15. The summed E-state index contributed by atoms with van der Waals surface area (Å²) in [7, 11) is 0. The minimum Gasteiger partial charge on any atom is -0.322 e. The second-order valence-electron chi connectivity index (χ2n) is 5.91. The van der Waals surface area contributed by atoms with Crippen molar-refractivity contribution < 1.29 is 14.5 Å². The summed E-state index contributed by atoms with van der Waals surface area (Å²) in [6.07, 6.45) is 1.39. The topological polar surface area (TPSA) is 92.6 Å². The fraction of sp³-hybridized carbons (Fsp3) is 0.222. The first-order valence-electron chi connectivity index (χ1n) is 7.92. The van der Waals surface area contributed by atoms with Crippen molar-refractivity contribution in [1.29, 1.82) is 0 Å². The maximum Gasteiger partial charge on any atom is 0.274 e. The Kier molecular flexibility index (Phi) is 4.47. The lowest BCUT2D eigenvalue weighted by molar-refractivity contribution is -0.385. The zero-order valence-electron chi connectivity index (χ0n) is 13.7. The van der Waals surface area contributed by atoms with Gasteiger partial charge < -0.3 is 10.2 Å². The maximum absolute atomic E-state index is 12.3. The molecule has 2 aromatic carbocycles. The van der Waals surface area contributed by atoms with Crippen molar-refractivity contribution in [3.8, 4) is 0 Å². The zero-order valence-corrected chi connectivity index (χ0v) is 13.7. The number of aryl methyl sites for hydroxylation is 1. The standard InChI is InChI=1S/C18H17N3O4/c1-12-4-7-14(11-16(12)21(24)25)19-18(23)13-5-8-15(9-6-13)20-10-2-3-17(20)22/h4-9,11H,2-3,10H2,1H3,(H,19,23). The summed E-state index contributed by atoms with van der Waals surface area (Å²) in [4.78, 5) is 36.3. The molecule has 1 N–H and O–H groups in total. The van der Waals surface area contributed by atoms with Crippen molar-refractivity contribution in [1.82, 2.24) is 0 Å². The number of anilines is 2. The van der Waals surface area contributed by atoms with Crippen LogP contribution in [0.4, 0.5) is 17.1 Å². The predicted molar refractivity (Wildman–Crippen MR) is 93.8 cm³/mol. The molecule has 2 amide bonds. The predicted octanol–water partition coefficient (Wildman–Crippen LogP) is 3.28. The Bertz CT molecular complexity index is 846. The molecule has 1 fully saturated rings. The number of nitro groups is 1. The molecule has 2 aromatic rings. The van der Waals surface area contributed by atoms with E-state index in [9.17, 15) is 19.7 Å². The smallest absolute Gasteiger partial charge is 0.274 e. The number of nitrogens with zero attached hydrogens (tertiary/aromatic N) is 2. The molecule has 3 rings (SSSR count). The molecule has 0 unspecified atom stereocenters. The van der Waals surface area contributed by atoms with Crippen molar-refractivity contribution in [2.45, 2.75) is 19.8 Å². The second-order valence-corrected chi connectivity index (χ2v) is 5.91. The van der Waals surface area contributed by atoms with Gasteiger partial charge in [0.15, 0.2) is 0 Å². The molecule has 7 heteroatoms. The fourth-order valence-corrected chi connectivity index (χ4v) is 2.80. The van der Waals surface area contributed by atoms with Crippen LogP contribution in [0.1, 0.15) is 28.8 Å². The van der Waals surface area contributed by atoms with E-state index in [4.69, 9.17) is 0 Å². The van der Waals surface area contributed by atoms with Crippen LogP contribution in [0, 0.1) is 17.0 Å². The number of carbonyl (C=O) groups is 2. The van der Waals surface area contributed by atoms with Crippen LogP contribution in [-0.2, 0) is 4.79 Å². The molecule has 1 aliphatic rings. The molecule has 1 heterocycles. The molecule has 0 saturated carbocycles. The summed E-state index contributed by atoms with van der Waals surface area (Å²) in [5.74, 6) is -0.276. The van der Waals surface area contributed by atoms with Gasteiger partial charge in [-0.15, -0.1) is 0 Å². The lowest BCUT2D eigenvalue weighted by Crippen LogP contribution is -2.23. The Morgan fingerprint density at radius 2 is 1.92 bits per heavy atom. The lowest BCUT2D eigenvalue weighted by atomic mass is 10.1. The van der Waals surface area contributed by atoms with Crippen molar-refractivity contribution in [2.24, 2.45) is 0 Å².